The van der Waals surface area contributed by atoms with Crippen molar-refractivity contribution in [3.8, 4) is 0 Å². The highest BCUT2D eigenvalue weighted by Gasteiger charge is 2.27. The fourth-order valence-corrected chi connectivity index (χ4v) is 1.12. The highest BCUT2D eigenvalue weighted by Crippen LogP contribution is 1.97. The van der Waals surface area contributed by atoms with E-state index >= 15 is 0 Å². The molecule has 1 unspecified atom stereocenters. The third-order valence-corrected chi connectivity index (χ3v) is 2.02. The van der Waals surface area contributed by atoms with Crippen molar-refractivity contribution in [2.24, 2.45) is 0 Å². The van der Waals surface area contributed by atoms with E-state index in [9.17, 15) is 19.2 Å². The molecule has 0 aromatic heterocycles. The number of amides is 5. The SMILES string of the molecule is CC(Cl)C(=O)NC(=O)N1CC(=O)NC(=O)C1. The zero-order valence-corrected chi connectivity index (χ0v) is 9.21. The van der Waals surface area contributed by atoms with E-state index in [-0.39, 0.29) is 13.1 Å². The molecule has 1 heterocycles. The molecule has 1 aliphatic rings. The number of alkyl halides is 1. The Morgan fingerprint density at radius 1 is 1.38 bits per heavy atom. The van der Waals surface area contributed by atoms with Gasteiger partial charge in [-0.3, -0.25) is 25.0 Å². The van der Waals surface area contributed by atoms with Gasteiger partial charge in [0.1, 0.15) is 18.5 Å². The molecule has 1 fully saturated rings. The van der Waals surface area contributed by atoms with Gasteiger partial charge in [0.15, 0.2) is 0 Å². The van der Waals surface area contributed by atoms with Crippen molar-refractivity contribution >= 4 is 35.4 Å². The van der Waals surface area contributed by atoms with Gasteiger partial charge in [-0.05, 0) is 6.92 Å². The molecule has 7 nitrogen and oxygen atoms in total. The number of carbonyl (C=O) groups is 4. The minimum atomic E-state index is -0.863. The van der Waals surface area contributed by atoms with Gasteiger partial charge in [-0.1, -0.05) is 0 Å². The van der Waals surface area contributed by atoms with E-state index in [2.05, 4.69) is 0 Å². The van der Waals surface area contributed by atoms with Gasteiger partial charge < -0.3 is 4.90 Å². The Bertz CT molecular complexity index is 339. The fourth-order valence-electron chi connectivity index (χ4n) is 1.06. The largest absolute Gasteiger partial charge is 0.325 e. The zero-order chi connectivity index (χ0) is 12.3. The summed E-state index contributed by atoms with van der Waals surface area (Å²) in [5.74, 6) is -1.85. The Morgan fingerprint density at radius 2 is 1.88 bits per heavy atom. The van der Waals surface area contributed by atoms with Crippen LogP contribution in [0.25, 0.3) is 0 Å². The average molecular weight is 248 g/mol. The van der Waals surface area contributed by atoms with Crippen LogP contribution in [0.1, 0.15) is 6.92 Å². The van der Waals surface area contributed by atoms with Gasteiger partial charge in [0, 0.05) is 0 Å². The minimum Gasteiger partial charge on any atom is -0.306 e. The van der Waals surface area contributed by atoms with Crippen LogP contribution in [0, 0.1) is 0 Å². The lowest BCUT2D eigenvalue weighted by Gasteiger charge is -2.25. The number of nitrogens with zero attached hydrogens (tertiary/aromatic N) is 1. The monoisotopic (exact) mass is 247 g/mol. The maximum absolute atomic E-state index is 11.4. The first kappa shape index (κ1) is 12.4. The van der Waals surface area contributed by atoms with Crippen LogP contribution in [-0.2, 0) is 14.4 Å². The van der Waals surface area contributed by atoms with Crippen LogP contribution in [0.4, 0.5) is 4.79 Å². The highest BCUT2D eigenvalue weighted by atomic mass is 35.5. The predicted octanol–water partition coefficient (Wildman–Crippen LogP) is -1.19. The quantitative estimate of drug-likeness (QED) is 0.450. The summed E-state index contributed by atoms with van der Waals surface area (Å²) in [4.78, 5) is 45.3. The number of hydrogen-bond acceptors (Lipinski definition) is 4. The van der Waals surface area contributed by atoms with Crippen molar-refractivity contribution in [2.75, 3.05) is 13.1 Å². The Labute approximate surface area is 96.1 Å². The van der Waals surface area contributed by atoms with E-state index in [0.29, 0.717) is 0 Å². The van der Waals surface area contributed by atoms with Gasteiger partial charge in [-0.25, -0.2) is 4.79 Å². The first-order chi connectivity index (χ1) is 7.40. The summed E-state index contributed by atoms with van der Waals surface area (Å²) in [7, 11) is 0. The van der Waals surface area contributed by atoms with E-state index < -0.39 is 29.1 Å². The first-order valence-electron chi connectivity index (χ1n) is 4.46. The molecule has 0 aliphatic carbocycles. The van der Waals surface area contributed by atoms with Crippen molar-refractivity contribution in [2.45, 2.75) is 12.3 Å². The average Bonchev–Trinajstić information content (AvgIpc) is 2.15. The smallest absolute Gasteiger partial charge is 0.306 e. The number of carbonyl (C=O) groups excluding carboxylic acids is 4. The summed E-state index contributed by atoms with van der Waals surface area (Å²) in [6.07, 6.45) is 0. The maximum atomic E-state index is 11.4. The van der Waals surface area contributed by atoms with Crippen molar-refractivity contribution in [1.29, 1.82) is 0 Å². The lowest BCUT2D eigenvalue weighted by Crippen LogP contribution is -2.56. The number of halogens is 1. The molecule has 0 aromatic carbocycles. The summed E-state index contributed by atoms with van der Waals surface area (Å²) in [5.41, 5.74) is 0. The van der Waals surface area contributed by atoms with E-state index in [0.717, 1.165) is 4.90 Å². The summed E-state index contributed by atoms with van der Waals surface area (Å²) >= 11 is 5.44. The molecule has 0 bridgehead atoms. The number of piperazine rings is 1. The maximum Gasteiger partial charge on any atom is 0.325 e. The van der Waals surface area contributed by atoms with Crippen LogP contribution in [0.3, 0.4) is 0 Å². The number of urea groups is 1. The fraction of sp³-hybridized carbons (Fsp3) is 0.500. The standard InChI is InChI=1S/C8H10ClN3O4/c1-4(9)7(15)11-8(16)12-2-5(13)10-6(14)3-12/h4H,2-3H2,1H3,(H,10,13,14)(H,11,15,16). The van der Waals surface area contributed by atoms with Crippen molar-refractivity contribution < 1.29 is 19.2 Å². The van der Waals surface area contributed by atoms with Gasteiger partial charge in [0.2, 0.25) is 17.7 Å². The second-order valence-electron chi connectivity index (χ2n) is 3.24. The van der Waals surface area contributed by atoms with Crippen molar-refractivity contribution in [3.63, 3.8) is 0 Å². The van der Waals surface area contributed by atoms with Gasteiger partial charge in [0.05, 0.1) is 0 Å². The van der Waals surface area contributed by atoms with Crippen molar-refractivity contribution in [3.05, 3.63) is 0 Å². The number of nitrogens with one attached hydrogen (secondary N) is 2. The molecule has 0 radical (unpaired) electrons. The third kappa shape index (κ3) is 3.20. The van der Waals surface area contributed by atoms with Gasteiger partial charge in [-0.15, -0.1) is 11.6 Å². The summed E-state index contributed by atoms with van der Waals surface area (Å²) in [6.45, 7) is 0.876. The molecule has 1 aliphatic heterocycles. The molecule has 1 saturated heterocycles. The highest BCUT2D eigenvalue weighted by molar-refractivity contribution is 6.31. The third-order valence-electron chi connectivity index (χ3n) is 1.83. The Morgan fingerprint density at radius 3 is 2.31 bits per heavy atom. The van der Waals surface area contributed by atoms with Gasteiger partial charge in [0.25, 0.3) is 0 Å². The van der Waals surface area contributed by atoms with E-state index in [4.69, 9.17) is 11.6 Å². The van der Waals surface area contributed by atoms with Gasteiger partial charge in [-0.2, -0.15) is 0 Å². The lowest BCUT2D eigenvalue weighted by molar-refractivity contribution is -0.135. The molecule has 0 saturated carbocycles. The summed E-state index contributed by atoms with van der Waals surface area (Å²) < 4.78 is 0. The molecule has 0 aromatic rings. The second kappa shape index (κ2) is 4.93. The van der Waals surface area contributed by atoms with E-state index in [1.54, 1.807) is 0 Å². The second-order valence-corrected chi connectivity index (χ2v) is 3.89. The predicted molar refractivity (Wildman–Crippen MR) is 53.6 cm³/mol. The van der Waals surface area contributed by atoms with E-state index in [1.807, 2.05) is 10.6 Å². The Kier molecular flexibility index (Phi) is 3.83. The molecule has 0 spiro atoms. The Balaban J connectivity index is 2.57. The lowest BCUT2D eigenvalue weighted by atomic mass is 10.3. The topological polar surface area (TPSA) is 95.6 Å². The Hall–Kier alpha value is -1.63. The molecule has 2 N–H and O–H groups in total. The molecular formula is C8H10ClN3O4. The minimum absolute atomic E-state index is 0.262. The normalized spacial score (nSPS) is 17.8. The molecule has 5 amide bonds. The zero-order valence-electron chi connectivity index (χ0n) is 8.45. The summed E-state index contributed by atoms with van der Waals surface area (Å²) in [5, 5.41) is 3.14. The molecule has 88 valence electrons. The van der Waals surface area contributed by atoms with Crippen LogP contribution >= 0.6 is 11.6 Å². The van der Waals surface area contributed by atoms with Crippen molar-refractivity contribution in [1.82, 2.24) is 15.5 Å². The van der Waals surface area contributed by atoms with Crippen LogP contribution < -0.4 is 10.6 Å². The number of hydrogen-bond donors (Lipinski definition) is 2. The number of rotatable bonds is 1. The molecule has 1 atom stereocenters. The first-order valence-corrected chi connectivity index (χ1v) is 4.90. The van der Waals surface area contributed by atoms with E-state index in [1.165, 1.54) is 6.92 Å². The van der Waals surface area contributed by atoms with Crippen LogP contribution in [0.2, 0.25) is 0 Å². The number of imide groups is 2. The van der Waals surface area contributed by atoms with Crippen LogP contribution in [0.5, 0.6) is 0 Å². The summed E-state index contributed by atoms with van der Waals surface area (Å²) in [6, 6.07) is -0.805. The van der Waals surface area contributed by atoms with Crippen LogP contribution in [0.15, 0.2) is 0 Å². The van der Waals surface area contributed by atoms with Gasteiger partial charge >= 0.3 is 6.03 Å². The molecule has 8 heteroatoms. The molecular weight excluding hydrogens is 238 g/mol. The van der Waals surface area contributed by atoms with Crippen LogP contribution in [-0.4, -0.2) is 47.1 Å². The molecule has 1 rings (SSSR count). The molecule has 16 heavy (non-hydrogen) atoms.